The van der Waals surface area contributed by atoms with Gasteiger partial charge in [-0.3, -0.25) is 9.59 Å². The average Bonchev–Trinajstić information content (AvgIpc) is 2.67. The molecule has 132 valence electrons. The van der Waals surface area contributed by atoms with Crippen molar-refractivity contribution in [1.82, 2.24) is 10.6 Å². The first kappa shape index (κ1) is 17.7. The number of rotatable bonds is 6. The standard InChI is InChI=1S/C22H22N2O2/c1-16(19-12-11-18-9-5-6-10-20(18)14-19)24-22(26)15-23-21(25)13-17-7-3-2-4-8-17/h2-12,14,16H,13,15H2,1H3,(H,23,25)(H,24,26)/t16-/m0/s1. The summed E-state index contributed by atoms with van der Waals surface area (Å²) in [5, 5.41) is 7.90. The van der Waals surface area contributed by atoms with Gasteiger partial charge in [-0.25, -0.2) is 0 Å². The number of amides is 2. The number of nitrogens with one attached hydrogen (secondary N) is 2. The smallest absolute Gasteiger partial charge is 0.239 e. The zero-order valence-corrected chi connectivity index (χ0v) is 14.7. The van der Waals surface area contributed by atoms with Gasteiger partial charge in [-0.05, 0) is 34.9 Å². The zero-order valence-electron chi connectivity index (χ0n) is 14.7. The van der Waals surface area contributed by atoms with Gasteiger partial charge in [-0.15, -0.1) is 0 Å². The predicted octanol–water partition coefficient (Wildman–Crippen LogP) is 3.38. The van der Waals surface area contributed by atoms with Gasteiger partial charge in [0.05, 0.1) is 19.0 Å². The molecule has 4 nitrogen and oxygen atoms in total. The summed E-state index contributed by atoms with van der Waals surface area (Å²) >= 11 is 0. The van der Waals surface area contributed by atoms with Gasteiger partial charge in [0.15, 0.2) is 0 Å². The molecule has 0 fully saturated rings. The Bertz CT molecular complexity index is 906. The molecule has 3 aromatic carbocycles. The van der Waals surface area contributed by atoms with Crippen molar-refractivity contribution in [3.8, 4) is 0 Å². The molecule has 0 spiro atoms. The fourth-order valence-corrected chi connectivity index (χ4v) is 2.88. The maximum atomic E-state index is 12.1. The summed E-state index contributed by atoms with van der Waals surface area (Å²) in [6, 6.07) is 23.6. The van der Waals surface area contributed by atoms with Gasteiger partial charge in [-0.1, -0.05) is 66.7 Å². The summed E-state index contributed by atoms with van der Waals surface area (Å²) in [4.78, 5) is 24.0. The molecule has 4 heteroatoms. The molecule has 0 bridgehead atoms. The third-order valence-electron chi connectivity index (χ3n) is 4.30. The quantitative estimate of drug-likeness (QED) is 0.719. The second-order valence-corrected chi connectivity index (χ2v) is 6.33. The van der Waals surface area contributed by atoms with Crippen LogP contribution < -0.4 is 10.6 Å². The average molecular weight is 346 g/mol. The Morgan fingerprint density at radius 1 is 0.846 bits per heavy atom. The van der Waals surface area contributed by atoms with Crippen LogP contribution in [0.1, 0.15) is 24.1 Å². The van der Waals surface area contributed by atoms with E-state index in [0.29, 0.717) is 0 Å². The van der Waals surface area contributed by atoms with Gasteiger partial charge in [-0.2, -0.15) is 0 Å². The number of carbonyl (C=O) groups is 2. The summed E-state index contributed by atoms with van der Waals surface area (Å²) in [5.74, 6) is -0.364. The maximum absolute atomic E-state index is 12.1. The molecule has 0 aliphatic rings. The minimum absolute atomic E-state index is 0.0242. The highest BCUT2D eigenvalue weighted by Crippen LogP contribution is 2.20. The van der Waals surface area contributed by atoms with Crippen LogP contribution in [0.4, 0.5) is 0 Å². The largest absolute Gasteiger partial charge is 0.348 e. The van der Waals surface area contributed by atoms with Crippen molar-refractivity contribution in [1.29, 1.82) is 0 Å². The molecule has 3 aromatic rings. The zero-order chi connectivity index (χ0) is 18.4. The molecule has 26 heavy (non-hydrogen) atoms. The topological polar surface area (TPSA) is 58.2 Å². The van der Waals surface area contributed by atoms with E-state index in [-0.39, 0.29) is 30.8 Å². The van der Waals surface area contributed by atoms with Crippen LogP contribution in [0.2, 0.25) is 0 Å². The highest BCUT2D eigenvalue weighted by molar-refractivity contribution is 5.86. The van der Waals surface area contributed by atoms with E-state index in [9.17, 15) is 9.59 Å². The molecule has 0 aromatic heterocycles. The minimum atomic E-state index is -0.202. The lowest BCUT2D eigenvalue weighted by molar-refractivity contribution is -0.126. The SMILES string of the molecule is C[C@H](NC(=O)CNC(=O)Cc1ccccc1)c1ccc2ccccc2c1. The molecule has 0 radical (unpaired) electrons. The molecule has 0 aliphatic heterocycles. The Hall–Kier alpha value is -3.14. The van der Waals surface area contributed by atoms with E-state index in [4.69, 9.17) is 0 Å². The summed E-state index contributed by atoms with van der Waals surface area (Å²) in [6.45, 7) is 1.91. The van der Waals surface area contributed by atoms with Crippen molar-refractivity contribution in [2.45, 2.75) is 19.4 Å². The van der Waals surface area contributed by atoms with Gasteiger partial charge >= 0.3 is 0 Å². The predicted molar refractivity (Wildman–Crippen MR) is 104 cm³/mol. The van der Waals surface area contributed by atoms with Crippen LogP contribution in [-0.4, -0.2) is 18.4 Å². The van der Waals surface area contributed by atoms with E-state index in [1.54, 1.807) is 0 Å². The first-order chi connectivity index (χ1) is 12.6. The van der Waals surface area contributed by atoms with Crippen LogP contribution in [0.5, 0.6) is 0 Å². The fourth-order valence-electron chi connectivity index (χ4n) is 2.88. The third-order valence-corrected chi connectivity index (χ3v) is 4.30. The van der Waals surface area contributed by atoms with Gasteiger partial charge in [0.1, 0.15) is 0 Å². The van der Waals surface area contributed by atoms with E-state index in [1.807, 2.05) is 55.5 Å². The van der Waals surface area contributed by atoms with Crippen molar-refractivity contribution in [3.05, 3.63) is 83.9 Å². The van der Waals surface area contributed by atoms with Crippen molar-refractivity contribution >= 4 is 22.6 Å². The third kappa shape index (κ3) is 4.70. The second-order valence-electron chi connectivity index (χ2n) is 6.33. The monoisotopic (exact) mass is 346 g/mol. The summed E-state index contributed by atoms with van der Waals surface area (Å²) in [6.07, 6.45) is 0.272. The van der Waals surface area contributed by atoms with E-state index in [1.165, 1.54) is 5.39 Å². The van der Waals surface area contributed by atoms with Gasteiger partial charge in [0, 0.05) is 0 Å². The Morgan fingerprint density at radius 2 is 1.54 bits per heavy atom. The normalized spacial score (nSPS) is 11.7. The van der Waals surface area contributed by atoms with E-state index in [0.717, 1.165) is 16.5 Å². The Balaban J connectivity index is 1.51. The van der Waals surface area contributed by atoms with Crippen LogP contribution >= 0.6 is 0 Å². The number of fused-ring (bicyclic) bond motifs is 1. The highest BCUT2D eigenvalue weighted by Gasteiger charge is 2.11. The molecule has 3 rings (SSSR count). The molecule has 0 saturated heterocycles. The second kappa shape index (κ2) is 8.30. The molecule has 1 atom stereocenters. The molecule has 0 aliphatic carbocycles. The van der Waals surface area contributed by atoms with Crippen LogP contribution in [0, 0.1) is 0 Å². The fraction of sp³-hybridized carbons (Fsp3) is 0.182. The molecule has 0 unspecified atom stereocenters. The Morgan fingerprint density at radius 3 is 2.31 bits per heavy atom. The van der Waals surface area contributed by atoms with E-state index in [2.05, 4.69) is 34.9 Å². The van der Waals surface area contributed by atoms with Crippen LogP contribution in [-0.2, 0) is 16.0 Å². The van der Waals surface area contributed by atoms with Crippen LogP contribution in [0.15, 0.2) is 72.8 Å². The van der Waals surface area contributed by atoms with E-state index >= 15 is 0 Å². The summed E-state index contributed by atoms with van der Waals surface area (Å²) < 4.78 is 0. The Labute approximate surface area is 153 Å². The lowest BCUT2D eigenvalue weighted by atomic mass is 10.0. The van der Waals surface area contributed by atoms with Crippen molar-refractivity contribution in [3.63, 3.8) is 0 Å². The number of carbonyl (C=O) groups excluding carboxylic acids is 2. The van der Waals surface area contributed by atoms with E-state index < -0.39 is 0 Å². The lowest BCUT2D eigenvalue weighted by Gasteiger charge is -2.15. The van der Waals surface area contributed by atoms with Crippen LogP contribution in [0.3, 0.4) is 0 Å². The van der Waals surface area contributed by atoms with Crippen LogP contribution in [0.25, 0.3) is 10.8 Å². The Kier molecular flexibility index (Phi) is 5.64. The molecular formula is C22H22N2O2. The summed E-state index contributed by atoms with van der Waals surface area (Å²) in [7, 11) is 0. The highest BCUT2D eigenvalue weighted by atomic mass is 16.2. The summed E-state index contributed by atoms with van der Waals surface area (Å²) in [5.41, 5.74) is 1.96. The van der Waals surface area contributed by atoms with Gasteiger partial charge < -0.3 is 10.6 Å². The maximum Gasteiger partial charge on any atom is 0.239 e. The molecule has 0 saturated carbocycles. The lowest BCUT2D eigenvalue weighted by Crippen LogP contribution is -2.38. The first-order valence-corrected chi connectivity index (χ1v) is 8.70. The van der Waals surface area contributed by atoms with Crippen molar-refractivity contribution < 1.29 is 9.59 Å². The number of benzene rings is 3. The molecule has 0 heterocycles. The number of hydrogen-bond acceptors (Lipinski definition) is 2. The minimum Gasteiger partial charge on any atom is -0.348 e. The molecule has 2 amide bonds. The number of hydrogen-bond donors (Lipinski definition) is 2. The van der Waals surface area contributed by atoms with Crippen molar-refractivity contribution in [2.24, 2.45) is 0 Å². The molecular weight excluding hydrogens is 324 g/mol. The first-order valence-electron chi connectivity index (χ1n) is 8.70. The molecule has 2 N–H and O–H groups in total. The van der Waals surface area contributed by atoms with Gasteiger partial charge in [0.2, 0.25) is 11.8 Å². The van der Waals surface area contributed by atoms with Gasteiger partial charge in [0.25, 0.3) is 0 Å². The van der Waals surface area contributed by atoms with Crippen molar-refractivity contribution in [2.75, 3.05) is 6.54 Å².